The maximum atomic E-state index is 3.65. The molecule has 1 atom stereocenters. The molecular formula is C15H23N. The Bertz CT molecular complexity index is 379. The molecule has 0 aromatic heterocycles. The molecule has 88 valence electrons. The third-order valence-corrected chi connectivity index (χ3v) is 3.75. The first kappa shape index (κ1) is 11.7. The fraction of sp³-hybridized carbons (Fsp3) is 0.600. The second-order valence-corrected chi connectivity index (χ2v) is 5.56. The smallest absolute Gasteiger partial charge is 0.0211 e. The van der Waals surface area contributed by atoms with Gasteiger partial charge in [0.05, 0.1) is 0 Å². The van der Waals surface area contributed by atoms with Crippen molar-refractivity contribution in [3.05, 3.63) is 34.4 Å². The van der Waals surface area contributed by atoms with Crippen LogP contribution < -0.4 is 5.32 Å². The zero-order valence-electron chi connectivity index (χ0n) is 10.9. The molecule has 2 rings (SSSR count). The third-order valence-electron chi connectivity index (χ3n) is 3.75. The average Bonchev–Trinajstić information content (AvgIpc) is 2.23. The summed E-state index contributed by atoms with van der Waals surface area (Å²) in [6.45, 7) is 10.1. The Balaban J connectivity index is 2.22. The number of nitrogens with one attached hydrogen (secondary N) is 1. The van der Waals surface area contributed by atoms with Crippen molar-refractivity contribution in [1.29, 1.82) is 0 Å². The van der Waals surface area contributed by atoms with E-state index in [2.05, 4.69) is 45.1 Å². The summed E-state index contributed by atoms with van der Waals surface area (Å²) in [5.74, 6) is 0.782. The average molecular weight is 217 g/mol. The van der Waals surface area contributed by atoms with Gasteiger partial charge in [0, 0.05) is 12.6 Å². The normalized spacial score (nSPS) is 19.9. The van der Waals surface area contributed by atoms with Crippen LogP contribution in [0, 0.1) is 19.8 Å². The van der Waals surface area contributed by atoms with E-state index in [0.29, 0.717) is 6.04 Å². The van der Waals surface area contributed by atoms with Crippen LogP contribution in [0.5, 0.6) is 0 Å². The summed E-state index contributed by atoms with van der Waals surface area (Å²) in [6, 6.07) is 5.21. The Morgan fingerprint density at radius 2 is 2.06 bits per heavy atom. The minimum atomic E-state index is 0.674. The molecule has 0 amide bonds. The molecule has 1 aliphatic rings. The lowest BCUT2D eigenvalue weighted by Gasteiger charge is -2.29. The highest BCUT2D eigenvalue weighted by atomic mass is 14.9. The van der Waals surface area contributed by atoms with Gasteiger partial charge in [-0.25, -0.2) is 0 Å². The van der Waals surface area contributed by atoms with Crippen molar-refractivity contribution in [3.8, 4) is 0 Å². The fourth-order valence-electron chi connectivity index (χ4n) is 2.69. The molecule has 1 N–H and O–H groups in total. The molecule has 16 heavy (non-hydrogen) atoms. The molecule has 1 unspecified atom stereocenters. The first-order valence-corrected chi connectivity index (χ1v) is 6.39. The van der Waals surface area contributed by atoms with E-state index < -0.39 is 0 Å². The molecule has 0 fully saturated rings. The number of hydrogen-bond donors (Lipinski definition) is 1. The Kier molecular flexibility index (Phi) is 3.34. The van der Waals surface area contributed by atoms with Gasteiger partial charge in [0.2, 0.25) is 0 Å². The predicted molar refractivity (Wildman–Crippen MR) is 69.7 cm³/mol. The zero-order valence-corrected chi connectivity index (χ0v) is 10.9. The van der Waals surface area contributed by atoms with Crippen molar-refractivity contribution in [2.45, 2.75) is 53.1 Å². The number of benzene rings is 1. The van der Waals surface area contributed by atoms with E-state index in [4.69, 9.17) is 0 Å². The molecule has 0 spiro atoms. The first-order valence-electron chi connectivity index (χ1n) is 6.39. The molecule has 1 heteroatoms. The van der Waals surface area contributed by atoms with Crippen molar-refractivity contribution in [2.75, 3.05) is 0 Å². The van der Waals surface area contributed by atoms with E-state index in [1.807, 2.05) is 0 Å². The van der Waals surface area contributed by atoms with Crippen LogP contribution in [0.15, 0.2) is 12.1 Å². The van der Waals surface area contributed by atoms with Crippen LogP contribution in [0.4, 0.5) is 0 Å². The van der Waals surface area contributed by atoms with Crippen molar-refractivity contribution in [2.24, 2.45) is 5.92 Å². The molecule has 0 bridgehead atoms. The summed E-state index contributed by atoms with van der Waals surface area (Å²) in [7, 11) is 0. The summed E-state index contributed by atoms with van der Waals surface area (Å²) in [6.07, 6.45) is 2.49. The maximum absolute atomic E-state index is 3.65. The standard InChI is InChI=1S/C15H23N/c1-10(2)7-14-8-15-12(4)11(3)5-6-13(15)9-16-14/h5-6,10,14,16H,7-9H2,1-4H3. The van der Waals surface area contributed by atoms with Gasteiger partial charge in [-0.2, -0.15) is 0 Å². The quantitative estimate of drug-likeness (QED) is 0.801. The minimum absolute atomic E-state index is 0.674. The number of hydrogen-bond acceptors (Lipinski definition) is 1. The molecule has 1 aromatic rings. The highest BCUT2D eigenvalue weighted by molar-refractivity contribution is 5.41. The van der Waals surface area contributed by atoms with Gasteiger partial charge in [-0.3, -0.25) is 0 Å². The van der Waals surface area contributed by atoms with E-state index in [9.17, 15) is 0 Å². The van der Waals surface area contributed by atoms with E-state index in [-0.39, 0.29) is 0 Å². The van der Waals surface area contributed by atoms with E-state index in [0.717, 1.165) is 12.5 Å². The van der Waals surface area contributed by atoms with Gasteiger partial charge in [0.15, 0.2) is 0 Å². The Labute approximate surface area is 99.3 Å². The molecule has 1 nitrogen and oxygen atoms in total. The van der Waals surface area contributed by atoms with Crippen molar-refractivity contribution < 1.29 is 0 Å². The Hall–Kier alpha value is -0.820. The lowest BCUT2D eigenvalue weighted by molar-refractivity contribution is 0.397. The summed E-state index contributed by atoms with van der Waals surface area (Å²) in [5.41, 5.74) is 6.05. The zero-order chi connectivity index (χ0) is 11.7. The molecule has 1 aliphatic heterocycles. The topological polar surface area (TPSA) is 12.0 Å². The molecule has 0 radical (unpaired) electrons. The van der Waals surface area contributed by atoms with Crippen LogP contribution in [-0.2, 0) is 13.0 Å². The molecule has 0 saturated heterocycles. The molecule has 1 aromatic carbocycles. The van der Waals surface area contributed by atoms with Gasteiger partial charge in [-0.15, -0.1) is 0 Å². The molecule has 0 saturated carbocycles. The molecular weight excluding hydrogens is 194 g/mol. The van der Waals surface area contributed by atoms with Crippen LogP contribution in [-0.4, -0.2) is 6.04 Å². The predicted octanol–water partition coefficient (Wildman–Crippen LogP) is 3.36. The van der Waals surface area contributed by atoms with Gasteiger partial charge >= 0.3 is 0 Å². The molecule has 1 heterocycles. The Morgan fingerprint density at radius 1 is 1.31 bits per heavy atom. The van der Waals surface area contributed by atoms with Gasteiger partial charge < -0.3 is 5.32 Å². The van der Waals surface area contributed by atoms with Gasteiger partial charge in [0.1, 0.15) is 0 Å². The lowest BCUT2D eigenvalue weighted by Crippen LogP contribution is -2.37. The second-order valence-electron chi connectivity index (χ2n) is 5.56. The SMILES string of the molecule is Cc1ccc2c(c1C)CC(CC(C)C)NC2. The fourth-order valence-corrected chi connectivity index (χ4v) is 2.69. The lowest BCUT2D eigenvalue weighted by atomic mass is 9.87. The van der Waals surface area contributed by atoms with E-state index in [1.165, 1.54) is 29.5 Å². The minimum Gasteiger partial charge on any atom is -0.310 e. The van der Waals surface area contributed by atoms with Crippen molar-refractivity contribution in [3.63, 3.8) is 0 Å². The maximum Gasteiger partial charge on any atom is 0.0211 e. The summed E-state index contributed by atoms with van der Waals surface area (Å²) >= 11 is 0. The first-order chi connectivity index (χ1) is 7.58. The second kappa shape index (κ2) is 4.58. The van der Waals surface area contributed by atoms with Crippen LogP contribution in [0.3, 0.4) is 0 Å². The summed E-state index contributed by atoms with van der Waals surface area (Å²) < 4.78 is 0. The Morgan fingerprint density at radius 3 is 2.75 bits per heavy atom. The van der Waals surface area contributed by atoms with E-state index in [1.54, 1.807) is 5.56 Å². The largest absolute Gasteiger partial charge is 0.310 e. The third kappa shape index (κ3) is 2.30. The number of fused-ring (bicyclic) bond motifs is 1. The van der Waals surface area contributed by atoms with Crippen LogP contribution in [0.25, 0.3) is 0 Å². The highest BCUT2D eigenvalue weighted by Crippen LogP contribution is 2.25. The van der Waals surface area contributed by atoms with Gasteiger partial charge in [0.25, 0.3) is 0 Å². The molecule has 0 aliphatic carbocycles. The summed E-state index contributed by atoms with van der Waals surface area (Å²) in [5, 5.41) is 3.65. The van der Waals surface area contributed by atoms with Crippen LogP contribution >= 0.6 is 0 Å². The van der Waals surface area contributed by atoms with Crippen LogP contribution in [0.1, 0.15) is 42.5 Å². The van der Waals surface area contributed by atoms with E-state index >= 15 is 0 Å². The van der Waals surface area contributed by atoms with Crippen molar-refractivity contribution in [1.82, 2.24) is 5.32 Å². The highest BCUT2D eigenvalue weighted by Gasteiger charge is 2.20. The van der Waals surface area contributed by atoms with Gasteiger partial charge in [-0.05, 0) is 54.9 Å². The van der Waals surface area contributed by atoms with Crippen LogP contribution in [0.2, 0.25) is 0 Å². The number of aryl methyl sites for hydroxylation is 1. The van der Waals surface area contributed by atoms with Gasteiger partial charge in [-0.1, -0.05) is 26.0 Å². The van der Waals surface area contributed by atoms with Crippen molar-refractivity contribution >= 4 is 0 Å². The monoisotopic (exact) mass is 217 g/mol. The number of rotatable bonds is 2. The summed E-state index contributed by atoms with van der Waals surface area (Å²) in [4.78, 5) is 0.